The molecule has 0 saturated heterocycles. The monoisotopic (exact) mass is 493 g/mol. The predicted molar refractivity (Wildman–Crippen MR) is 127 cm³/mol. The first kappa shape index (κ1) is 23.8. The van der Waals surface area contributed by atoms with Crippen LogP contribution in [0.5, 0.6) is 11.5 Å². The number of esters is 1. The number of carbonyl (C=O) groups is 2. The molecule has 0 radical (unpaired) electrons. The molecule has 1 amide bonds. The maximum absolute atomic E-state index is 12.3. The first-order valence-electron chi connectivity index (χ1n) is 10.4. The molecule has 3 aromatic carbocycles. The lowest BCUT2D eigenvalue weighted by atomic mass is 10.2. The van der Waals surface area contributed by atoms with Crippen molar-refractivity contribution in [3.63, 3.8) is 0 Å². The van der Waals surface area contributed by atoms with Crippen LogP contribution in [0.3, 0.4) is 0 Å². The molecule has 0 saturated carbocycles. The predicted octanol–water partition coefficient (Wildman–Crippen LogP) is 4.77. The van der Waals surface area contributed by atoms with Gasteiger partial charge >= 0.3 is 5.97 Å². The van der Waals surface area contributed by atoms with Gasteiger partial charge < -0.3 is 24.1 Å². The van der Waals surface area contributed by atoms with Crippen molar-refractivity contribution in [3.8, 4) is 22.9 Å². The fourth-order valence-corrected chi connectivity index (χ4v) is 3.10. The first-order chi connectivity index (χ1) is 17.0. The maximum atomic E-state index is 12.3. The number of methoxy groups -OCH3 is 1. The molecule has 178 valence electrons. The summed E-state index contributed by atoms with van der Waals surface area (Å²) < 4.78 is 21.0. The molecule has 1 aromatic heterocycles. The van der Waals surface area contributed by atoms with E-state index in [2.05, 4.69) is 15.5 Å². The van der Waals surface area contributed by atoms with E-state index >= 15 is 0 Å². The molecule has 1 heterocycles. The summed E-state index contributed by atoms with van der Waals surface area (Å²) in [6.07, 6.45) is 0. The quantitative estimate of drug-likeness (QED) is 0.332. The summed E-state index contributed by atoms with van der Waals surface area (Å²) in [4.78, 5) is 28.6. The number of rotatable bonds is 9. The van der Waals surface area contributed by atoms with Crippen molar-refractivity contribution >= 4 is 29.2 Å². The van der Waals surface area contributed by atoms with Crippen LogP contribution in [-0.4, -0.2) is 35.7 Å². The number of anilines is 1. The Kier molecular flexibility index (Phi) is 7.59. The van der Waals surface area contributed by atoms with Gasteiger partial charge in [0.05, 0.1) is 12.7 Å². The van der Waals surface area contributed by atoms with Crippen LogP contribution >= 0.6 is 11.6 Å². The lowest BCUT2D eigenvalue weighted by Gasteiger charge is -2.09. The summed E-state index contributed by atoms with van der Waals surface area (Å²) in [5.74, 6) is 0.673. The molecule has 1 N–H and O–H groups in total. The van der Waals surface area contributed by atoms with E-state index in [-0.39, 0.29) is 25.0 Å². The van der Waals surface area contributed by atoms with Crippen LogP contribution in [-0.2, 0) is 16.1 Å². The fraction of sp³-hybridized carbons (Fsp3) is 0.120. The van der Waals surface area contributed by atoms with Gasteiger partial charge in [-0.3, -0.25) is 4.79 Å². The highest BCUT2D eigenvalue weighted by atomic mass is 35.5. The van der Waals surface area contributed by atoms with Gasteiger partial charge in [-0.25, -0.2) is 4.79 Å². The number of ether oxygens (including phenoxy) is 3. The molecule has 0 aliphatic heterocycles. The van der Waals surface area contributed by atoms with Crippen molar-refractivity contribution in [2.75, 3.05) is 19.0 Å². The van der Waals surface area contributed by atoms with Crippen molar-refractivity contribution in [3.05, 3.63) is 89.3 Å². The number of halogens is 1. The summed E-state index contributed by atoms with van der Waals surface area (Å²) in [6, 6.07) is 20.1. The van der Waals surface area contributed by atoms with E-state index in [9.17, 15) is 9.59 Å². The minimum Gasteiger partial charge on any atom is -0.497 e. The minimum atomic E-state index is -0.571. The van der Waals surface area contributed by atoms with E-state index in [1.54, 1.807) is 67.8 Å². The SMILES string of the molecule is COc1cccc(NC(=O)COc2ccc(C(=O)OCc3nc(-c4ccc(Cl)cc4)no3)cc2)c1. The van der Waals surface area contributed by atoms with Gasteiger partial charge in [-0.2, -0.15) is 4.98 Å². The van der Waals surface area contributed by atoms with Gasteiger partial charge in [-0.05, 0) is 60.7 Å². The molecule has 9 nitrogen and oxygen atoms in total. The number of carbonyl (C=O) groups excluding carboxylic acids is 2. The van der Waals surface area contributed by atoms with Gasteiger partial charge in [0.2, 0.25) is 5.82 Å². The summed E-state index contributed by atoms with van der Waals surface area (Å²) >= 11 is 5.88. The van der Waals surface area contributed by atoms with Crippen LogP contribution in [0.1, 0.15) is 16.2 Å². The van der Waals surface area contributed by atoms with Crippen LogP contribution < -0.4 is 14.8 Å². The molecule has 0 aliphatic carbocycles. The summed E-state index contributed by atoms with van der Waals surface area (Å²) in [6.45, 7) is -0.379. The van der Waals surface area contributed by atoms with Gasteiger partial charge in [0.25, 0.3) is 11.8 Å². The molecular weight excluding hydrogens is 474 g/mol. The van der Waals surface area contributed by atoms with Crippen LogP contribution in [0.25, 0.3) is 11.4 Å². The molecule has 4 rings (SSSR count). The van der Waals surface area contributed by atoms with Crippen molar-refractivity contribution in [1.29, 1.82) is 0 Å². The molecule has 4 aromatic rings. The van der Waals surface area contributed by atoms with E-state index < -0.39 is 5.97 Å². The van der Waals surface area contributed by atoms with Crippen molar-refractivity contribution in [2.24, 2.45) is 0 Å². The zero-order chi connectivity index (χ0) is 24.6. The first-order valence-corrected chi connectivity index (χ1v) is 10.8. The van der Waals surface area contributed by atoms with E-state index in [1.165, 1.54) is 12.1 Å². The highest BCUT2D eigenvalue weighted by molar-refractivity contribution is 6.30. The second-order valence-corrected chi connectivity index (χ2v) is 7.62. The smallest absolute Gasteiger partial charge is 0.338 e. The Morgan fingerprint density at radius 1 is 1.00 bits per heavy atom. The number of hydrogen-bond donors (Lipinski definition) is 1. The summed E-state index contributed by atoms with van der Waals surface area (Å²) in [5.41, 5.74) is 1.62. The third-order valence-corrected chi connectivity index (χ3v) is 4.96. The van der Waals surface area contributed by atoms with Gasteiger partial charge in [-0.15, -0.1) is 0 Å². The van der Waals surface area contributed by atoms with Gasteiger partial charge in [0, 0.05) is 22.3 Å². The number of aromatic nitrogens is 2. The van der Waals surface area contributed by atoms with Crippen molar-refractivity contribution in [2.45, 2.75) is 6.61 Å². The number of nitrogens with one attached hydrogen (secondary N) is 1. The van der Waals surface area contributed by atoms with Crippen LogP contribution in [0.15, 0.2) is 77.3 Å². The summed E-state index contributed by atoms with van der Waals surface area (Å²) in [7, 11) is 1.55. The van der Waals surface area contributed by atoms with E-state index in [0.29, 0.717) is 33.6 Å². The molecule has 0 unspecified atom stereocenters. The zero-order valence-corrected chi connectivity index (χ0v) is 19.3. The number of benzene rings is 3. The zero-order valence-electron chi connectivity index (χ0n) is 18.6. The Balaban J connectivity index is 1.25. The Bertz CT molecular complexity index is 1310. The second-order valence-electron chi connectivity index (χ2n) is 7.19. The molecule has 35 heavy (non-hydrogen) atoms. The molecule has 0 spiro atoms. The highest BCUT2D eigenvalue weighted by Gasteiger charge is 2.13. The standard InChI is InChI=1S/C25H20ClN3O6/c1-32-21-4-2-3-19(13-21)27-22(30)14-33-20-11-7-17(8-12-20)25(31)34-15-23-28-24(29-35-23)16-5-9-18(26)10-6-16/h2-13H,14-15H2,1H3,(H,27,30). The third-order valence-electron chi connectivity index (χ3n) is 4.71. The normalized spacial score (nSPS) is 10.5. The van der Waals surface area contributed by atoms with Gasteiger partial charge in [-0.1, -0.05) is 22.8 Å². The van der Waals surface area contributed by atoms with E-state index in [1.807, 2.05) is 0 Å². The molecule has 10 heteroatoms. The van der Waals surface area contributed by atoms with Crippen molar-refractivity contribution < 1.29 is 28.3 Å². The topological polar surface area (TPSA) is 113 Å². The van der Waals surface area contributed by atoms with Gasteiger partial charge in [0.15, 0.2) is 13.2 Å². The number of nitrogens with zero attached hydrogens (tertiary/aromatic N) is 2. The van der Waals surface area contributed by atoms with Crippen LogP contribution in [0, 0.1) is 0 Å². The third kappa shape index (κ3) is 6.58. The average molecular weight is 494 g/mol. The fourth-order valence-electron chi connectivity index (χ4n) is 2.97. The van der Waals surface area contributed by atoms with Gasteiger partial charge in [0.1, 0.15) is 11.5 Å². The van der Waals surface area contributed by atoms with E-state index in [0.717, 1.165) is 5.56 Å². The van der Waals surface area contributed by atoms with Crippen molar-refractivity contribution in [1.82, 2.24) is 10.1 Å². The van der Waals surface area contributed by atoms with E-state index in [4.69, 9.17) is 30.3 Å². The maximum Gasteiger partial charge on any atom is 0.338 e. The summed E-state index contributed by atoms with van der Waals surface area (Å²) in [5, 5.41) is 7.19. The lowest BCUT2D eigenvalue weighted by Crippen LogP contribution is -2.20. The highest BCUT2D eigenvalue weighted by Crippen LogP contribution is 2.20. The minimum absolute atomic E-state index is 0.158. The van der Waals surface area contributed by atoms with Crippen LogP contribution in [0.4, 0.5) is 5.69 Å². The average Bonchev–Trinajstić information content (AvgIpc) is 3.36. The Morgan fingerprint density at radius 2 is 1.77 bits per heavy atom. The molecule has 0 fully saturated rings. The number of hydrogen-bond acceptors (Lipinski definition) is 8. The Labute approximate surface area is 205 Å². The molecule has 0 atom stereocenters. The molecule has 0 bridgehead atoms. The number of amides is 1. The molecular formula is C25H20ClN3O6. The van der Waals surface area contributed by atoms with Crippen LogP contribution in [0.2, 0.25) is 5.02 Å². The molecule has 0 aliphatic rings. The Morgan fingerprint density at radius 3 is 2.51 bits per heavy atom. The largest absolute Gasteiger partial charge is 0.497 e. The second kappa shape index (κ2) is 11.2. The lowest BCUT2D eigenvalue weighted by molar-refractivity contribution is -0.118. The Hall–Kier alpha value is -4.37.